The Hall–Kier alpha value is -5.54. The first-order valence-corrected chi connectivity index (χ1v) is 18.2. The zero-order valence-corrected chi connectivity index (χ0v) is 28.7. The first kappa shape index (κ1) is 29.4. The number of anilines is 3. The van der Waals surface area contributed by atoms with Crippen molar-refractivity contribution in [3.63, 3.8) is 0 Å². The van der Waals surface area contributed by atoms with Crippen molar-refractivity contribution in [2.24, 2.45) is 0 Å². The van der Waals surface area contributed by atoms with Crippen LogP contribution in [-0.2, 0) is 10.8 Å². The summed E-state index contributed by atoms with van der Waals surface area (Å²) < 4.78 is 0. The summed E-state index contributed by atoms with van der Waals surface area (Å²) in [5.41, 5.74) is 15.1. The van der Waals surface area contributed by atoms with Crippen molar-refractivity contribution >= 4 is 28.1 Å². The van der Waals surface area contributed by atoms with Crippen molar-refractivity contribution in [2.75, 3.05) is 4.90 Å². The number of hydrogen-bond donors (Lipinski definition) is 0. The fourth-order valence-electron chi connectivity index (χ4n) is 9.59. The Bertz CT molecular complexity index is 2450. The van der Waals surface area contributed by atoms with Crippen LogP contribution in [0.4, 0.5) is 17.2 Å². The fraction of sp³-hybridized carbons (Fsp3) is 0.191. The van der Waals surface area contributed by atoms with Crippen LogP contribution >= 0.6 is 0 Å². The minimum absolute atomic E-state index is 0.0437. The van der Waals surface area contributed by atoms with E-state index in [1.807, 2.05) is 0 Å². The van der Waals surface area contributed by atoms with Crippen LogP contribution in [0.25, 0.3) is 44.5 Å². The highest BCUT2D eigenvalue weighted by Crippen LogP contribution is 2.61. The Balaban J connectivity index is 1.34. The quantitative estimate of drug-likeness (QED) is 0.191. The highest BCUT2D eigenvalue weighted by molar-refractivity contribution is 6.04. The standard InChI is InChI=1S/C47H39N3/c1-46(2)35-22-10-7-19-32(35)42-37(46)24-15-27-40(42)50(45-34-21-9-12-26-39(34)48-44(49-45)31-17-5-3-6-18-31)41-28-16-25-38-43(41)33-20-8-11-23-36(33)47(38)29-13-4-14-30-47/h3,5-12,15-28H,4,13-14,29-30H2,1-2H3. The third kappa shape index (κ3) is 4.10. The summed E-state index contributed by atoms with van der Waals surface area (Å²) in [6.45, 7) is 4.73. The van der Waals surface area contributed by atoms with Crippen LogP contribution < -0.4 is 4.90 Å². The molecule has 1 aromatic heterocycles. The second-order valence-corrected chi connectivity index (χ2v) is 14.8. The molecule has 0 aliphatic heterocycles. The Kier molecular flexibility index (Phi) is 6.45. The van der Waals surface area contributed by atoms with Crippen LogP contribution in [0.3, 0.4) is 0 Å². The predicted octanol–water partition coefficient (Wildman–Crippen LogP) is 12.3. The second-order valence-electron chi connectivity index (χ2n) is 14.8. The lowest BCUT2D eigenvalue weighted by Gasteiger charge is -2.36. The smallest absolute Gasteiger partial charge is 0.162 e. The van der Waals surface area contributed by atoms with Crippen molar-refractivity contribution in [3.8, 4) is 33.6 Å². The molecule has 7 aromatic rings. The van der Waals surface area contributed by atoms with Gasteiger partial charge in [-0.2, -0.15) is 0 Å². The maximum atomic E-state index is 5.54. The van der Waals surface area contributed by atoms with Crippen molar-refractivity contribution in [1.29, 1.82) is 0 Å². The second kappa shape index (κ2) is 11.0. The van der Waals surface area contributed by atoms with E-state index in [9.17, 15) is 0 Å². The molecule has 0 bridgehead atoms. The maximum absolute atomic E-state index is 5.54. The average molecular weight is 646 g/mol. The van der Waals surface area contributed by atoms with Crippen LogP contribution in [0, 0.1) is 0 Å². The summed E-state index contributed by atoms with van der Waals surface area (Å²) in [5.74, 6) is 1.63. The molecule has 6 aromatic carbocycles. The average Bonchev–Trinajstić information content (AvgIpc) is 3.58. The van der Waals surface area contributed by atoms with Gasteiger partial charge in [0.25, 0.3) is 0 Å². The number of benzene rings is 6. The first-order chi connectivity index (χ1) is 24.6. The molecule has 0 radical (unpaired) electrons. The zero-order chi connectivity index (χ0) is 33.5. The molecule has 3 aliphatic rings. The summed E-state index contributed by atoms with van der Waals surface area (Å²) in [4.78, 5) is 13.2. The molecular formula is C47H39N3. The lowest BCUT2D eigenvalue weighted by atomic mass is 9.68. The van der Waals surface area contributed by atoms with Gasteiger partial charge in [-0.1, -0.05) is 148 Å². The van der Waals surface area contributed by atoms with Gasteiger partial charge in [-0.3, -0.25) is 4.90 Å². The third-order valence-electron chi connectivity index (χ3n) is 11.9. The number of fused-ring (bicyclic) bond motifs is 9. The van der Waals surface area contributed by atoms with Gasteiger partial charge < -0.3 is 0 Å². The molecule has 1 spiro atoms. The Morgan fingerprint density at radius 3 is 1.84 bits per heavy atom. The first-order valence-electron chi connectivity index (χ1n) is 18.2. The molecular weight excluding hydrogens is 607 g/mol. The molecule has 3 aliphatic carbocycles. The van der Waals surface area contributed by atoms with Crippen molar-refractivity contribution in [3.05, 3.63) is 162 Å². The highest BCUT2D eigenvalue weighted by Gasteiger charge is 2.46. The van der Waals surface area contributed by atoms with Crippen LogP contribution in [0.5, 0.6) is 0 Å². The molecule has 3 heteroatoms. The van der Waals surface area contributed by atoms with Crippen LogP contribution in [0.2, 0.25) is 0 Å². The zero-order valence-electron chi connectivity index (χ0n) is 28.7. The van der Waals surface area contributed by atoms with Crippen LogP contribution in [-0.4, -0.2) is 9.97 Å². The van der Waals surface area contributed by atoms with Gasteiger partial charge in [0.1, 0.15) is 5.82 Å². The molecule has 1 heterocycles. The molecule has 1 fully saturated rings. The van der Waals surface area contributed by atoms with Gasteiger partial charge in [0.2, 0.25) is 0 Å². The van der Waals surface area contributed by atoms with E-state index in [0.717, 1.165) is 33.8 Å². The van der Waals surface area contributed by atoms with E-state index < -0.39 is 0 Å². The van der Waals surface area contributed by atoms with E-state index in [0.29, 0.717) is 0 Å². The number of para-hydroxylation sites is 1. The molecule has 50 heavy (non-hydrogen) atoms. The molecule has 3 nitrogen and oxygen atoms in total. The van der Waals surface area contributed by atoms with Gasteiger partial charge in [0.15, 0.2) is 5.82 Å². The maximum Gasteiger partial charge on any atom is 0.162 e. The van der Waals surface area contributed by atoms with Crippen molar-refractivity contribution in [1.82, 2.24) is 9.97 Å². The molecule has 0 unspecified atom stereocenters. The minimum Gasteiger partial charge on any atom is -0.293 e. The van der Waals surface area contributed by atoms with Gasteiger partial charge in [-0.25, -0.2) is 9.97 Å². The van der Waals surface area contributed by atoms with Gasteiger partial charge in [0.05, 0.1) is 16.9 Å². The van der Waals surface area contributed by atoms with Gasteiger partial charge >= 0.3 is 0 Å². The van der Waals surface area contributed by atoms with Gasteiger partial charge in [-0.05, 0) is 70.5 Å². The fourth-order valence-corrected chi connectivity index (χ4v) is 9.59. The van der Waals surface area contributed by atoms with Crippen LogP contribution in [0.15, 0.2) is 140 Å². The minimum atomic E-state index is -0.131. The largest absolute Gasteiger partial charge is 0.293 e. The van der Waals surface area contributed by atoms with E-state index in [1.165, 1.54) is 82.3 Å². The molecule has 0 amide bonds. The van der Waals surface area contributed by atoms with Crippen molar-refractivity contribution in [2.45, 2.75) is 56.8 Å². The highest BCUT2D eigenvalue weighted by atomic mass is 15.2. The molecule has 242 valence electrons. The van der Waals surface area contributed by atoms with E-state index >= 15 is 0 Å². The van der Waals surface area contributed by atoms with E-state index in [-0.39, 0.29) is 10.8 Å². The topological polar surface area (TPSA) is 29.0 Å². The van der Waals surface area contributed by atoms with E-state index in [1.54, 1.807) is 0 Å². The van der Waals surface area contributed by atoms with Crippen molar-refractivity contribution < 1.29 is 0 Å². The third-order valence-corrected chi connectivity index (χ3v) is 11.9. The van der Waals surface area contributed by atoms with Gasteiger partial charge in [0, 0.05) is 32.9 Å². The summed E-state index contributed by atoms with van der Waals surface area (Å²) in [5, 5.41) is 1.03. The Morgan fingerprint density at radius 2 is 1.08 bits per heavy atom. The lowest BCUT2D eigenvalue weighted by molar-refractivity contribution is 0.353. The normalized spacial score (nSPS) is 16.1. The summed E-state index contributed by atoms with van der Waals surface area (Å²) >= 11 is 0. The number of aromatic nitrogens is 2. The van der Waals surface area contributed by atoms with Crippen LogP contribution in [0.1, 0.15) is 68.2 Å². The summed E-state index contributed by atoms with van der Waals surface area (Å²) in [7, 11) is 0. The summed E-state index contributed by atoms with van der Waals surface area (Å²) in [6, 6.07) is 51.1. The molecule has 1 saturated carbocycles. The van der Waals surface area contributed by atoms with Gasteiger partial charge in [-0.15, -0.1) is 0 Å². The Labute approximate surface area is 294 Å². The molecule has 0 atom stereocenters. The number of hydrogen-bond acceptors (Lipinski definition) is 3. The lowest BCUT2D eigenvalue weighted by Crippen LogP contribution is -2.28. The molecule has 10 rings (SSSR count). The summed E-state index contributed by atoms with van der Waals surface area (Å²) in [6.07, 6.45) is 6.22. The molecule has 0 N–H and O–H groups in total. The monoisotopic (exact) mass is 645 g/mol. The molecule has 0 saturated heterocycles. The number of nitrogens with zero attached hydrogens (tertiary/aromatic N) is 3. The SMILES string of the molecule is CC1(C)c2ccccc2-c2c(N(c3cccc4c3-c3ccccc3C43CCCCC3)c3nc(-c4ccccc4)nc4ccccc34)cccc21. The van der Waals surface area contributed by atoms with E-state index in [2.05, 4.69) is 158 Å². The number of rotatable bonds is 4. The Morgan fingerprint density at radius 1 is 0.500 bits per heavy atom. The predicted molar refractivity (Wildman–Crippen MR) is 207 cm³/mol. The van der Waals surface area contributed by atoms with E-state index in [4.69, 9.17) is 9.97 Å².